The average molecular weight is 212 g/mol. The molecule has 0 bridgehead atoms. The first kappa shape index (κ1) is 12.2. The molecule has 1 aliphatic rings. The molecular formula is C12H20O3. The average Bonchev–Trinajstić information content (AvgIpc) is 2.27. The Labute approximate surface area is 91.2 Å². The Morgan fingerprint density at radius 1 is 1.40 bits per heavy atom. The Bertz CT molecular complexity index is 207. The van der Waals surface area contributed by atoms with E-state index in [-0.39, 0.29) is 11.9 Å². The topological polar surface area (TPSA) is 43.4 Å². The maximum atomic E-state index is 11.7. The van der Waals surface area contributed by atoms with Crippen molar-refractivity contribution in [3.05, 3.63) is 0 Å². The van der Waals surface area contributed by atoms with E-state index < -0.39 is 0 Å². The van der Waals surface area contributed by atoms with Gasteiger partial charge in [-0.25, -0.2) is 0 Å². The van der Waals surface area contributed by atoms with E-state index in [2.05, 4.69) is 0 Å². The lowest BCUT2D eigenvalue weighted by Gasteiger charge is -2.27. The lowest BCUT2D eigenvalue weighted by atomic mass is 9.79. The van der Waals surface area contributed by atoms with Crippen molar-refractivity contribution >= 4 is 12.3 Å². The van der Waals surface area contributed by atoms with Gasteiger partial charge in [-0.15, -0.1) is 0 Å². The van der Waals surface area contributed by atoms with Crippen LogP contribution in [0.5, 0.6) is 0 Å². The smallest absolute Gasteiger partial charge is 0.309 e. The molecule has 0 heterocycles. The van der Waals surface area contributed by atoms with Crippen molar-refractivity contribution in [1.29, 1.82) is 0 Å². The van der Waals surface area contributed by atoms with Crippen molar-refractivity contribution < 1.29 is 14.3 Å². The van der Waals surface area contributed by atoms with Crippen LogP contribution >= 0.6 is 0 Å². The number of ether oxygens (including phenoxy) is 1. The molecule has 0 amide bonds. The number of carbonyl (C=O) groups excluding carboxylic acids is 2. The summed E-state index contributed by atoms with van der Waals surface area (Å²) in [5, 5.41) is 0. The monoisotopic (exact) mass is 212 g/mol. The van der Waals surface area contributed by atoms with Gasteiger partial charge in [0.1, 0.15) is 6.29 Å². The largest absolute Gasteiger partial charge is 0.466 e. The molecule has 0 saturated heterocycles. The SMILES string of the molecule is CCOC(=O)[C@@H](CC=O)C1CCCCC1. The summed E-state index contributed by atoms with van der Waals surface area (Å²) >= 11 is 0. The van der Waals surface area contributed by atoms with Crippen LogP contribution in [0.4, 0.5) is 0 Å². The fourth-order valence-corrected chi connectivity index (χ4v) is 2.37. The van der Waals surface area contributed by atoms with Crippen LogP contribution in [0.15, 0.2) is 0 Å². The standard InChI is InChI=1S/C12H20O3/c1-2-15-12(14)11(8-9-13)10-6-4-3-5-7-10/h9-11H,2-8H2,1H3/t11-/m0/s1. The van der Waals surface area contributed by atoms with Crippen LogP contribution in [0.1, 0.15) is 45.4 Å². The number of carbonyl (C=O) groups is 2. The van der Waals surface area contributed by atoms with Crippen LogP contribution in [0.3, 0.4) is 0 Å². The predicted molar refractivity (Wildman–Crippen MR) is 57.4 cm³/mol. The van der Waals surface area contributed by atoms with Gasteiger partial charge in [-0.05, 0) is 25.7 Å². The number of hydrogen-bond donors (Lipinski definition) is 0. The lowest BCUT2D eigenvalue weighted by molar-refractivity contribution is -0.151. The van der Waals surface area contributed by atoms with Gasteiger partial charge in [0.25, 0.3) is 0 Å². The third-order valence-corrected chi connectivity index (χ3v) is 3.16. The summed E-state index contributed by atoms with van der Waals surface area (Å²) in [4.78, 5) is 22.2. The molecule has 1 aliphatic carbocycles. The first-order chi connectivity index (χ1) is 7.29. The van der Waals surface area contributed by atoms with Crippen LogP contribution in [0.25, 0.3) is 0 Å². The van der Waals surface area contributed by atoms with Crippen LogP contribution in [-0.4, -0.2) is 18.9 Å². The number of esters is 1. The molecule has 0 unspecified atom stereocenters. The molecular weight excluding hydrogens is 192 g/mol. The van der Waals surface area contributed by atoms with Gasteiger partial charge in [-0.2, -0.15) is 0 Å². The molecule has 15 heavy (non-hydrogen) atoms. The Balaban J connectivity index is 2.54. The number of aldehydes is 1. The normalized spacial score (nSPS) is 19.5. The minimum atomic E-state index is -0.192. The highest BCUT2D eigenvalue weighted by Crippen LogP contribution is 2.32. The quantitative estimate of drug-likeness (QED) is 0.519. The van der Waals surface area contributed by atoms with Gasteiger partial charge >= 0.3 is 5.97 Å². The Hall–Kier alpha value is -0.860. The van der Waals surface area contributed by atoms with Gasteiger partial charge in [0.15, 0.2) is 0 Å². The van der Waals surface area contributed by atoms with Crippen molar-refractivity contribution in [3.63, 3.8) is 0 Å². The van der Waals surface area contributed by atoms with E-state index in [1.807, 2.05) is 0 Å². The maximum Gasteiger partial charge on any atom is 0.309 e. The molecule has 0 spiro atoms. The summed E-state index contributed by atoms with van der Waals surface area (Å²) in [7, 11) is 0. The van der Waals surface area contributed by atoms with Gasteiger partial charge in [0, 0.05) is 6.42 Å². The fraction of sp³-hybridized carbons (Fsp3) is 0.833. The summed E-state index contributed by atoms with van der Waals surface area (Å²) in [6.07, 6.45) is 6.92. The lowest BCUT2D eigenvalue weighted by Crippen LogP contribution is -2.28. The van der Waals surface area contributed by atoms with Crippen molar-refractivity contribution in [3.8, 4) is 0 Å². The molecule has 0 radical (unpaired) electrons. The summed E-state index contributed by atoms with van der Waals surface area (Å²) in [6, 6.07) is 0. The zero-order valence-electron chi connectivity index (χ0n) is 9.41. The Morgan fingerprint density at radius 2 is 2.07 bits per heavy atom. The molecule has 86 valence electrons. The van der Waals surface area contributed by atoms with Gasteiger partial charge in [0.2, 0.25) is 0 Å². The first-order valence-electron chi connectivity index (χ1n) is 5.89. The van der Waals surface area contributed by atoms with Crippen molar-refractivity contribution in [1.82, 2.24) is 0 Å². The van der Waals surface area contributed by atoms with E-state index in [9.17, 15) is 9.59 Å². The molecule has 0 aromatic rings. The van der Waals surface area contributed by atoms with Crippen LogP contribution < -0.4 is 0 Å². The van der Waals surface area contributed by atoms with Gasteiger partial charge in [0.05, 0.1) is 12.5 Å². The molecule has 0 aromatic heterocycles. The van der Waals surface area contributed by atoms with E-state index in [0.717, 1.165) is 19.1 Å². The van der Waals surface area contributed by atoms with Crippen molar-refractivity contribution in [2.45, 2.75) is 45.4 Å². The Kier molecular flexibility index (Phi) is 5.37. The highest BCUT2D eigenvalue weighted by molar-refractivity contribution is 5.75. The molecule has 0 aliphatic heterocycles. The van der Waals surface area contributed by atoms with Gasteiger partial charge < -0.3 is 9.53 Å². The summed E-state index contributed by atoms with van der Waals surface area (Å²) in [5.74, 6) is -0.0118. The molecule has 1 atom stereocenters. The molecule has 0 N–H and O–H groups in total. The number of rotatable bonds is 5. The maximum absolute atomic E-state index is 11.7. The Morgan fingerprint density at radius 3 is 2.60 bits per heavy atom. The summed E-state index contributed by atoms with van der Waals surface area (Å²) < 4.78 is 5.01. The highest BCUT2D eigenvalue weighted by Gasteiger charge is 2.29. The molecule has 0 aromatic carbocycles. The molecule has 3 nitrogen and oxygen atoms in total. The zero-order chi connectivity index (χ0) is 11.1. The van der Waals surface area contributed by atoms with Crippen LogP contribution in [0, 0.1) is 11.8 Å². The third-order valence-electron chi connectivity index (χ3n) is 3.16. The first-order valence-corrected chi connectivity index (χ1v) is 5.89. The molecule has 1 fully saturated rings. The zero-order valence-corrected chi connectivity index (χ0v) is 9.41. The second-order valence-corrected chi connectivity index (χ2v) is 4.16. The van der Waals surface area contributed by atoms with E-state index >= 15 is 0 Å². The molecule has 1 rings (SSSR count). The van der Waals surface area contributed by atoms with E-state index in [1.54, 1.807) is 6.92 Å². The van der Waals surface area contributed by atoms with E-state index in [4.69, 9.17) is 4.74 Å². The van der Waals surface area contributed by atoms with Crippen LogP contribution in [-0.2, 0) is 14.3 Å². The van der Waals surface area contributed by atoms with Gasteiger partial charge in [-0.1, -0.05) is 19.3 Å². The minimum Gasteiger partial charge on any atom is -0.466 e. The minimum absolute atomic E-state index is 0.184. The predicted octanol–water partition coefficient (Wildman–Crippen LogP) is 2.33. The van der Waals surface area contributed by atoms with Gasteiger partial charge in [-0.3, -0.25) is 4.79 Å². The van der Waals surface area contributed by atoms with Crippen molar-refractivity contribution in [2.75, 3.05) is 6.61 Å². The van der Waals surface area contributed by atoms with E-state index in [0.29, 0.717) is 18.9 Å². The second kappa shape index (κ2) is 6.59. The van der Waals surface area contributed by atoms with Crippen LogP contribution in [0.2, 0.25) is 0 Å². The highest BCUT2D eigenvalue weighted by atomic mass is 16.5. The fourth-order valence-electron chi connectivity index (χ4n) is 2.37. The second-order valence-electron chi connectivity index (χ2n) is 4.16. The summed E-state index contributed by atoms with van der Waals surface area (Å²) in [5.41, 5.74) is 0. The molecule has 1 saturated carbocycles. The third kappa shape index (κ3) is 3.65. The van der Waals surface area contributed by atoms with Crippen molar-refractivity contribution in [2.24, 2.45) is 11.8 Å². The number of hydrogen-bond acceptors (Lipinski definition) is 3. The summed E-state index contributed by atoms with van der Waals surface area (Å²) in [6.45, 7) is 2.21. The van der Waals surface area contributed by atoms with E-state index in [1.165, 1.54) is 19.3 Å². The molecule has 3 heteroatoms.